The minimum atomic E-state index is -1.14. The molecule has 5 nitrogen and oxygen atoms in total. The van der Waals surface area contributed by atoms with Gasteiger partial charge in [-0.05, 0) is 49.2 Å². The van der Waals surface area contributed by atoms with Crippen LogP contribution < -0.4 is 9.64 Å². The van der Waals surface area contributed by atoms with Crippen molar-refractivity contribution in [1.82, 2.24) is 0 Å². The van der Waals surface area contributed by atoms with Gasteiger partial charge in [-0.3, -0.25) is 4.79 Å². The number of carboxylic acids is 1. The minimum absolute atomic E-state index is 0.00184. The Kier molecular flexibility index (Phi) is 4.20. The standard InChI is InChI=1S/C18H16FNO4/c1-11-9-12(19)4-7-15(11)24-16-10-13(5-6-14(16)18(22)23)20-8-2-3-17(20)21/h4-7,9-10H,2-3,8H2,1H3,(H,22,23). The van der Waals surface area contributed by atoms with Crippen LogP contribution in [-0.2, 0) is 4.79 Å². The van der Waals surface area contributed by atoms with E-state index in [9.17, 15) is 19.1 Å². The highest BCUT2D eigenvalue weighted by Crippen LogP contribution is 2.33. The van der Waals surface area contributed by atoms with Crippen LogP contribution in [0.4, 0.5) is 10.1 Å². The molecular weight excluding hydrogens is 313 g/mol. The molecule has 1 N–H and O–H groups in total. The Balaban J connectivity index is 2.00. The largest absolute Gasteiger partial charge is 0.478 e. The van der Waals surface area contributed by atoms with E-state index < -0.39 is 11.8 Å². The van der Waals surface area contributed by atoms with Gasteiger partial charge < -0.3 is 14.7 Å². The molecule has 124 valence electrons. The third-order valence-corrected chi connectivity index (χ3v) is 3.94. The molecule has 1 fully saturated rings. The van der Waals surface area contributed by atoms with E-state index in [0.29, 0.717) is 30.0 Å². The summed E-state index contributed by atoms with van der Waals surface area (Å²) in [5, 5.41) is 9.34. The highest BCUT2D eigenvalue weighted by atomic mass is 19.1. The average Bonchev–Trinajstić information content (AvgIpc) is 2.96. The maximum atomic E-state index is 13.2. The van der Waals surface area contributed by atoms with Gasteiger partial charge in [-0.1, -0.05) is 0 Å². The molecule has 0 aliphatic carbocycles. The van der Waals surface area contributed by atoms with Crippen LogP contribution in [0.5, 0.6) is 11.5 Å². The zero-order valence-corrected chi connectivity index (χ0v) is 13.1. The van der Waals surface area contributed by atoms with E-state index in [1.165, 1.54) is 30.3 Å². The van der Waals surface area contributed by atoms with Crippen LogP contribution in [0, 0.1) is 12.7 Å². The maximum absolute atomic E-state index is 13.2. The molecule has 1 heterocycles. The molecule has 0 saturated carbocycles. The number of aromatic carboxylic acids is 1. The number of hydrogen-bond donors (Lipinski definition) is 1. The topological polar surface area (TPSA) is 66.8 Å². The van der Waals surface area contributed by atoms with Gasteiger partial charge in [0.05, 0.1) is 0 Å². The third kappa shape index (κ3) is 3.08. The minimum Gasteiger partial charge on any atom is -0.478 e. The zero-order valence-electron chi connectivity index (χ0n) is 13.1. The quantitative estimate of drug-likeness (QED) is 0.927. The zero-order chi connectivity index (χ0) is 17.3. The van der Waals surface area contributed by atoms with Crippen LogP contribution in [0.25, 0.3) is 0 Å². The summed E-state index contributed by atoms with van der Waals surface area (Å²) in [6, 6.07) is 8.55. The molecule has 1 aliphatic rings. The van der Waals surface area contributed by atoms with E-state index in [1.54, 1.807) is 17.9 Å². The van der Waals surface area contributed by atoms with Gasteiger partial charge in [0.1, 0.15) is 22.9 Å². The number of anilines is 1. The summed E-state index contributed by atoms with van der Waals surface area (Å²) in [6.07, 6.45) is 1.25. The maximum Gasteiger partial charge on any atom is 0.339 e. The first-order valence-corrected chi connectivity index (χ1v) is 7.57. The SMILES string of the molecule is Cc1cc(F)ccc1Oc1cc(N2CCCC2=O)ccc1C(=O)O. The van der Waals surface area contributed by atoms with E-state index in [-0.39, 0.29) is 17.2 Å². The lowest BCUT2D eigenvalue weighted by Gasteiger charge is -2.18. The molecule has 0 radical (unpaired) electrons. The van der Waals surface area contributed by atoms with Crippen molar-refractivity contribution in [3.8, 4) is 11.5 Å². The number of hydrogen-bond acceptors (Lipinski definition) is 3. The molecule has 0 aromatic heterocycles. The second kappa shape index (κ2) is 6.31. The predicted octanol–water partition coefficient (Wildman–Crippen LogP) is 3.75. The monoisotopic (exact) mass is 329 g/mol. The molecule has 24 heavy (non-hydrogen) atoms. The summed E-state index contributed by atoms with van der Waals surface area (Å²) in [5.41, 5.74) is 1.13. The summed E-state index contributed by atoms with van der Waals surface area (Å²) in [7, 11) is 0. The smallest absolute Gasteiger partial charge is 0.339 e. The van der Waals surface area contributed by atoms with Crippen molar-refractivity contribution in [2.24, 2.45) is 0 Å². The Morgan fingerprint density at radius 3 is 2.62 bits per heavy atom. The molecule has 1 amide bonds. The number of rotatable bonds is 4. The average molecular weight is 329 g/mol. The molecule has 0 spiro atoms. The number of amides is 1. The lowest BCUT2D eigenvalue weighted by atomic mass is 10.1. The summed E-state index contributed by atoms with van der Waals surface area (Å²) < 4.78 is 18.9. The Bertz CT molecular complexity index is 819. The van der Waals surface area contributed by atoms with Crippen molar-refractivity contribution in [2.45, 2.75) is 19.8 Å². The van der Waals surface area contributed by atoms with E-state index in [1.807, 2.05) is 0 Å². The lowest BCUT2D eigenvalue weighted by molar-refractivity contribution is -0.117. The van der Waals surface area contributed by atoms with Crippen LogP contribution in [0.2, 0.25) is 0 Å². The number of carbonyl (C=O) groups excluding carboxylic acids is 1. The van der Waals surface area contributed by atoms with Crippen molar-refractivity contribution in [3.63, 3.8) is 0 Å². The summed E-state index contributed by atoms with van der Waals surface area (Å²) >= 11 is 0. The first-order chi connectivity index (χ1) is 11.5. The summed E-state index contributed by atoms with van der Waals surface area (Å²) in [5.74, 6) is -1.04. The number of halogens is 1. The van der Waals surface area contributed by atoms with Crippen molar-refractivity contribution in [1.29, 1.82) is 0 Å². The van der Waals surface area contributed by atoms with E-state index in [4.69, 9.17) is 4.74 Å². The summed E-state index contributed by atoms with van der Waals surface area (Å²) in [4.78, 5) is 24.9. The fourth-order valence-corrected chi connectivity index (χ4v) is 2.71. The van der Waals surface area contributed by atoms with Crippen LogP contribution in [-0.4, -0.2) is 23.5 Å². The van der Waals surface area contributed by atoms with E-state index in [0.717, 1.165) is 6.42 Å². The first-order valence-electron chi connectivity index (χ1n) is 7.57. The number of aryl methyl sites for hydroxylation is 1. The van der Waals surface area contributed by atoms with Crippen molar-refractivity contribution >= 4 is 17.6 Å². The Morgan fingerprint density at radius 1 is 1.21 bits per heavy atom. The molecule has 0 atom stereocenters. The Morgan fingerprint density at radius 2 is 2.00 bits per heavy atom. The molecule has 0 unspecified atom stereocenters. The second-order valence-corrected chi connectivity index (χ2v) is 5.65. The third-order valence-electron chi connectivity index (χ3n) is 3.94. The Labute approximate surface area is 138 Å². The number of carboxylic acid groups (broad SMARTS) is 1. The molecule has 0 bridgehead atoms. The molecule has 3 rings (SSSR count). The van der Waals surface area contributed by atoms with Gasteiger partial charge >= 0.3 is 5.97 Å². The second-order valence-electron chi connectivity index (χ2n) is 5.65. The predicted molar refractivity (Wildman–Crippen MR) is 86.2 cm³/mol. The van der Waals surface area contributed by atoms with E-state index in [2.05, 4.69) is 0 Å². The number of carbonyl (C=O) groups is 2. The van der Waals surface area contributed by atoms with E-state index >= 15 is 0 Å². The van der Waals surface area contributed by atoms with Gasteiger partial charge in [-0.25, -0.2) is 9.18 Å². The molecule has 1 saturated heterocycles. The fraction of sp³-hybridized carbons (Fsp3) is 0.222. The molecule has 2 aromatic carbocycles. The first kappa shape index (κ1) is 16.0. The van der Waals surface area contributed by atoms with Gasteiger partial charge in [0, 0.05) is 24.7 Å². The molecular formula is C18H16FNO4. The van der Waals surface area contributed by atoms with Gasteiger partial charge in [-0.15, -0.1) is 0 Å². The van der Waals surface area contributed by atoms with Gasteiger partial charge in [0.25, 0.3) is 0 Å². The normalized spacial score (nSPS) is 14.1. The van der Waals surface area contributed by atoms with Crippen molar-refractivity contribution < 1.29 is 23.8 Å². The molecule has 2 aromatic rings. The Hall–Kier alpha value is -2.89. The highest BCUT2D eigenvalue weighted by molar-refractivity contribution is 5.97. The number of benzene rings is 2. The summed E-state index contributed by atoms with van der Waals surface area (Å²) in [6.45, 7) is 2.27. The van der Waals surface area contributed by atoms with Crippen molar-refractivity contribution in [3.05, 3.63) is 53.3 Å². The van der Waals surface area contributed by atoms with Crippen LogP contribution >= 0.6 is 0 Å². The van der Waals surface area contributed by atoms with Gasteiger partial charge in [0.15, 0.2) is 0 Å². The molecule has 6 heteroatoms. The highest BCUT2D eigenvalue weighted by Gasteiger charge is 2.24. The van der Waals surface area contributed by atoms with Crippen molar-refractivity contribution in [2.75, 3.05) is 11.4 Å². The van der Waals surface area contributed by atoms with Gasteiger partial charge in [-0.2, -0.15) is 0 Å². The number of ether oxygens (including phenoxy) is 1. The molecule has 1 aliphatic heterocycles. The lowest BCUT2D eigenvalue weighted by Crippen LogP contribution is -2.23. The van der Waals surface area contributed by atoms with Crippen LogP contribution in [0.3, 0.4) is 0 Å². The fourth-order valence-electron chi connectivity index (χ4n) is 2.71. The van der Waals surface area contributed by atoms with Crippen LogP contribution in [0.1, 0.15) is 28.8 Å². The van der Waals surface area contributed by atoms with Gasteiger partial charge in [0.2, 0.25) is 5.91 Å². The van der Waals surface area contributed by atoms with Crippen LogP contribution in [0.15, 0.2) is 36.4 Å². The number of nitrogens with zero attached hydrogens (tertiary/aromatic N) is 1.